The predicted octanol–water partition coefficient (Wildman–Crippen LogP) is 4.58. The number of fused-ring (bicyclic) bond motifs is 2. The molecule has 0 unspecified atom stereocenters. The average Bonchev–Trinajstić information content (AvgIpc) is 3.56. The van der Waals surface area contributed by atoms with E-state index in [1.807, 2.05) is 47.6 Å². The summed E-state index contributed by atoms with van der Waals surface area (Å²) in [6, 6.07) is 11.0. The number of hydrogen-bond donors (Lipinski definition) is 0. The van der Waals surface area contributed by atoms with Crippen molar-refractivity contribution < 1.29 is 19.1 Å². The highest BCUT2D eigenvalue weighted by molar-refractivity contribution is 6.31. The van der Waals surface area contributed by atoms with Crippen molar-refractivity contribution in [3.8, 4) is 11.4 Å². The number of ketones is 1. The number of amides is 2. The van der Waals surface area contributed by atoms with Crippen LogP contribution in [0.1, 0.15) is 46.2 Å². The lowest BCUT2D eigenvalue weighted by Gasteiger charge is -2.32. The molecule has 2 aromatic heterocycles. The molecule has 0 radical (unpaired) electrons. The summed E-state index contributed by atoms with van der Waals surface area (Å²) < 4.78 is 9.56. The number of carbonyl (C=O) groups is 3. The molecule has 1 saturated heterocycles. The van der Waals surface area contributed by atoms with Gasteiger partial charge in [-0.15, -0.1) is 0 Å². The number of aromatic nitrogens is 3. The molecule has 0 saturated carbocycles. The van der Waals surface area contributed by atoms with Crippen LogP contribution in [0.15, 0.2) is 48.8 Å². The first-order valence-corrected chi connectivity index (χ1v) is 15.0. The Bertz CT molecular complexity index is 1720. The minimum Gasteiger partial charge on any atom is -0.489 e. The third-order valence-electron chi connectivity index (χ3n) is 8.32. The van der Waals surface area contributed by atoms with Gasteiger partial charge in [0.05, 0.1) is 40.9 Å². The minimum atomic E-state index is -0.196. The summed E-state index contributed by atoms with van der Waals surface area (Å²) in [5.74, 6) is 0.455. The number of likely N-dealkylation sites (N-methyl/N-ethyl adjacent to an activating group) is 1. The zero-order valence-electron chi connectivity index (χ0n) is 24.7. The summed E-state index contributed by atoms with van der Waals surface area (Å²) in [4.78, 5) is 45.6. The fourth-order valence-corrected chi connectivity index (χ4v) is 6.05. The molecular weight excluding hydrogens is 568 g/mol. The number of piperazine rings is 1. The van der Waals surface area contributed by atoms with E-state index in [1.54, 1.807) is 34.1 Å². The molecule has 0 aliphatic carbocycles. The molecule has 4 heterocycles. The highest BCUT2D eigenvalue weighted by Gasteiger charge is 2.29. The van der Waals surface area contributed by atoms with Gasteiger partial charge in [0.25, 0.3) is 5.91 Å². The molecule has 43 heavy (non-hydrogen) atoms. The van der Waals surface area contributed by atoms with Crippen LogP contribution in [0.4, 0.5) is 5.69 Å². The summed E-state index contributed by atoms with van der Waals surface area (Å²) in [6.07, 6.45) is 4.63. The van der Waals surface area contributed by atoms with Gasteiger partial charge in [0.15, 0.2) is 5.78 Å². The second-order valence-electron chi connectivity index (χ2n) is 11.2. The maximum absolute atomic E-state index is 14.1. The van der Waals surface area contributed by atoms with E-state index in [0.29, 0.717) is 65.6 Å². The van der Waals surface area contributed by atoms with Gasteiger partial charge in [0.2, 0.25) is 5.91 Å². The zero-order chi connectivity index (χ0) is 30.2. The van der Waals surface area contributed by atoms with Gasteiger partial charge in [-0.2, -0.15) is 5.10 Å². The molecule has 10 nitrogen and oxygen atoms in total. The first-order chi connectivity index (χ1) is 20.7. The third kappa shape index (κ3) is 5.52. The molecule has 11 heteroatoms. The van der Waals surface area contributed by atoms with E-state index < -0.39 is 0 Å². The van der Waals surface area contributed by atoms with E-state index in [9.17, 15) is 14.4 Å². The number of Topliss-reactive ketones (excluding diaryl/α,β-unsaturated/α-hetero) is 1. The monoisotopic (exact) mass is 602 g/mol. The Hall–Kier alpha value is -4.15. The Balaban J connectivity index is 1.30. The van der Waals surface area contributed by atoms with Crippen molar-refractivity contribution >= 4 is 45.8 Å². The van der Waals surface area contributed by atoms with E-state index in [2.05, 4.69) is 17.0 Å². The Morgan fingerprint density at radius 2 is 1.79 bits per heavy atom. The van der Waals surface area contributed by atoms with Crippen molar-refractivity contribution in [2.75, 3.05) is 51.3 Å². The van der Waals surface area contributed by atoms with Gasteiger partial charge in [-0.05, 0) is 50.7 Å². The standard InChI is InChI=1S/C32H35ClN6O4/c1-4-5-29(40)25-18-34-39(21(25)2)23-7-9-28-30(17-23)43-15-14-38(28)32(42)26-19-37(27-8-6-22(33)16-24(26)27)20-31(41)36-12-10-35(3)11-13-36/h6-9,16-19H,4-5,10-15,20H2,1-3H3. The molecular formula is C32H35ClN6O4. The Kier molecular flexibility index (Phi) is 7.98. The van der Waals surface area contributed by atoms with Crippen LogP contribution >= 0.6 is 11.6 Å². The number of anilines is 1. The number of halogens is 1. The number of rotatable bonds is 7. The Morgan fingerprint density at radius 3 is 2.56 bits per heavy atom. The molecule has 0 N–H and O–H groups in total. The lowest BCUT2D eigenvalue weighted by Crippen LogP contribution is -2.48. The van der Waals surface area contributed by atoms with Gasteiger partial charge in [-0.3, -0.25) is 14.4 Å². The summed E-state index contributed by atoms with van der Waals surface area (Å²) in [5, 5.41) is 5.67. The lowest BCUT2D eigenvalue weighted by molar-refractivity contribution is -0.133. The molecule has 2 aliphatic rings. The van der Waals surface area contributed by atoms with E-state index in [0.717, 1.165) is 36.4 Å². The van der Waals surface area contributed by atoms with Gasteiger partial charge in [0.1, 0.15) is 18.9 Å². The second-order valence-corrected chi connectivity index (χ2v) is 11.6. The first-order valence-electron chi connectivity index (χ1n) is 14.7. The van der Waals surface area contributed by atoms with Crippen LogP contribution < -0.4 is 9.64 Å². The Morgan fingerprint density at radius 1 is 1.00 bits per heavy atom. The molecule has 224 valence electrons. The molecule has 1 fully saturated rings. The fraction of sp³-hybridized carbons (Fsp3) is 0.375. The number of carbonyl (C=O) groups excluding carboxylic acids is 3. The highest BCUT2D eigenvalue weighted by atomic mass is 35.5. The maximum atomic E-state index is 14.1. The number of nitrogens with zero attached hydrogens (tertiary/aromatic N) is 6. The summed E-state index contributed by atoms with van der Waals surface area (Å²) in [6.45, 7) is 7.75. The summed E-state index contributed by atoms with van der Waals surface area (Å²) in [7, 11) is 2.05. The molecule has 2 amide bonds. The van der Waals surface area contributed by atoms with Crippen molar-refractivity contribution in [1.29, 1.82) is 0 Å². The average molecular weight is 603 g/mol. The molecule has 0 atom stereocenters. The molecule has 2 aromatic carbocycles. The first kappa shape index (κ1) is 28.9. The van der Waals surface area contributed by atoms with Crippen LogP contribution in [0.2, 0.25) is 5.02 Å². The van der Waals surface area contributed by atoms with Crippen LogP contribution in [0, 0.1) is 6.92 Å². The summed E-state index contributed by atoms with van der Waals surface area (Å²) in [5.41, 5.74) is 4.01. The third-order valence-corrected chi connectivity index (χ3v) is 8.55. The van der Waals surface area contributed by atoms with Gasteiger partial charge < -0.3 is 24.0 Å². The molecule has 0 bridgehead atoms. The van der Waals surface area contributed by atoms with Crippen molar-refractivity contribution in [3.05, 3.63) is 70.6 Å². The van der Waals surface area contributed by atoms with E-state index in [1.165, 1.54) is 0 Å². The van der Waals surface area contributed by atoms with Crippen molar-refractivity contribution in [2.45, 2.75) is 33.2 Å². The smallest absolute Gasteiger partial charge is 0.260 e. The SMILES string of the molecule is CCCC(=O)c1cnn(-c2ccc3c(c2)OCCN3C(=O)c2cn(CC(=O)N3CCN(C)CC3)c3ccc(Cl)cc23)c1C. The van der Waals surface area contributed by atoms with E-state index in [-0.39, 0.29) is 24.1 Å². The van der Waals surface area contributed by atoms with Crippen molar-refractivity contribution in [3.63, 3.8) is 0 Å². The van der Waals surface area contributed by atoms with Crippen molar-refractivity contribution in [1.82, 2.24) is 24.1 Å². The maximum Gasteiger partial charge on any atom is 0.260 e. The molecule has 4 aromatic rings. The fourth-order valence-electron chi connectivity index (χ4n) is 5.87. The second kappa shape index (κ2) is 11.9. The molecule has 6 rings (SSSR count). The van der Waals surface area contributed by atoms with Gasteiger partial charge in [0, 0.05) is 60.8 Å². The van der Waals surface area contributed by atoms with Crippen LogP contribution in [0.5, 0.6) is 5.75 Å². The Labute approximate surface area is 255 Å². The van der Waals surface area contributed by atoms with Crippen LogP contribution in [-0.2, 0) is 11.3 Å². The lowest BCUT2D eigenvalue weighted by atomic mass is 10.1. The number of ether oxygens (including phenoxy) is 1. The van der Waals surface area contributed by atoms with Crippen LogP contribution in [0.3, 0.4) is 0 Å². The summed E-state index contributed by atoms with van der Waals surface area (Å²) >= 11 is 6.38. The minimum absolute atomic E-state index is 0.0247. The largest absolute Gasteiger partial charge is 0.489 e. The van der Waals surface area contributed by atoms with Gasteiger partial charge >= 0.3 is 0 Å². The molecule has 0 spiro atoms. The number of hydrogen-bond acceptors (Lipinski definition) is 6. The van der Waals surface area contributed by atoms with Crippen molar-refractivity contribution in [2.24, 2.45) is 0 Å². The quantitative estimate of drug-likeness (QED) is 0.288. The van der Waals surface area contributed by atoms with Gasteiger partial charge in [-0.1, -0.05) is 18.5 Å². The molecule has 2 aliphatic heterocycles. The number of benzene rings is 2. The van der Waals surface area contributed by atoms with E-state index >= 15 is 0 Å². The van der Waals surface area contributed by atoms with E-state index in [4.69, 9.17) is 16.3 Å². The van der Waals surface area contributed by atoms with Crippen LogP contribution in [-0.4, -0.2) is 88.1 Å². The van der Waals surface area contributed by atoms with Crippen LogP contribution in [0.25, 0.3) is 16.6 Å². The highest BCUT2D eigenvalue weighted by Crippen LogP contribution is 2.36. The predicted molar refractivity (Wildman–Crippen MR) is 166 cm³/mol. The normalized spacial score (nSPS) is 15.4. The van der Waals surface area contributed by atoms with Gasteiger partial charge in [-0.25, -0.2) is 4.68 Å². The zero-order valence-corrected chi connectivity index (χ0v) is 25.4. The topological polar surface area (TPSA) is 92.9 Å².